The maximum Gasteiger partial charge on any atom is 0.239 e. The molecule has 2 amide bonds. The molecular formula is C18H29N5O2. The molecule has 0 spiro atoms. The molecule has 7 nitrogen and oxygen atoms in total. The first kappa shape index (κ1) is 17.9. The lowest BCUT2D eigenvalue weighted by Crippen LogP contribution is -2.52. The van der Waals surface area contributed by atoms with Crippen LogP contribution in [-0.2, 0) is 23.2 Å². The zero-order valence-corrected chi connectivity index (χ0v) is 15.3. The smallest absolute Gasteiger partial charge is 0.239 e. The highest BCUT2D eigenvalue weighted by atomic mass is 16.2. The van der Waals surface area contributed by atoms with Crippen molar-refractivity contribution in [2.75, 3.05) is 33.2 Å². The first-order chi connectivity index (χ1) is 12.1. The lowest BCUT2D eigenvalue weighted by Gasteiger charge is -2.34. The second kappa shape index (κ2) is 7.99. The molecule has 1 aromatic rings. The summed E-state index contributed by atoms with van der Waals surface area (Å²) < 4.78 is 1.91. The molecule has 1 aromatic heterocycles. The largest absolute Gasteiger partial charge is 0.358 e. The van der Waals surface area contributed by atoms with Crippen molar-refractivity contribution in [3.8, 4) is 0 Å². The molecule has 138 valence electrons. The summed E-state index contributed by atoms with van der Waals surface area (Å²) in [5, 5.41) is 7.30. The van der Waals surface area contributed by atoms with Crippen molar-refractivity contribution in [3.05, 3.63) is 17.5 Å². The molecule has 0 aromatic carbocycles. The number of aromatic nitrogens is 2. The maximum atomic E-state index is 12.3. The zero-order valence-electron chi connectivity index (χ0n) is 15.3. The molecule has 2 aliphatic rings. The van der Waals surface area contributed by atoms with Gasteiger partial charge in [-0.15, -0.1) is 0 Å². The number of nitrogens with one attached hydrogen (secondary N) is 1. The van der Waals surface area contributed by atoms with E-state index in [0.29, 0.717) is 19.0 Å². The van der Waals surface area contributed by atoms with Crippen molar-refractivity contribution in [1.29, 1.82) is 0 Å². The van der Waals surface area contributed by atoms with Crippen LogP contribution in [0.5, 0.6) is 0 Å². The van der Waals surface area contributed by atoms with Gasteiger partial charge in [0.25, 0.3) is 0 Å². The third-order valence-corrected chi connectivity index (χ3v) is 5.33. The number of carbonyl (C=O) groups excluding carboxylic acids is 2. The van der Waals surface area contributed by atoms with Crippen LogP contribution in [0.4, 0.5) is 0 Å². The van der Waals surface area contributed by atoms with Gasteiger partial charge < -0.3 is 10.2 Å². The van der Waals surface area contributed by atoms with E-state index in [1.54, 1.807) is 11.9 Å². The van der Waals surface area contributed by atoms with Crippen molar-refractivity contribution in [2.45, 2.75) is 44.6 Å². The molecule has 7 heteroatoms. The molecule has 1 N–H and O–H groups in total. The molecule has 1 saturated heterocycles. The number of amides is 2. The second-order valence-electron chi connectivity index (χ2n) is 7.25. The Hall–Kier alpha value is -1.89. The summed E-state index contributed by atoms with van der Waals surface area (Å²) in [7, 11) is 3.57. The summed E-state index contributed by atoms with van der Waals surface area (Å²) in [5.41, 5.74) is 2.48. The molecule has 0 bridgehead atoms. The SMILES string of the molecule is CNC(=O)CN1CCN(Cc2cn(C)nc2C2CCCCC2)CC1=O. The molecule has 2 heterocycles. The Kier molecular flexibility index (Phi) is 5.73. The second-order valence-corrected chi connectivity index (χ2v) is 7.25. The van der Waals surface area contributed by atoms with Crippen molar-refractivity contribution in [2.24, 2.45) is 7.05 Å². The molecule has 25 heavy (non-hydrogen) atoms. The summed E-state index contributed by atoms with van der Waals surface area (Å²) >= 11 is 0. The highest BCUT2D eigenvalue weighted by Crippen LogP contribution is 2.33. The van der Waals surface area contributed by atoms with Crippen LogP contribution in [0.15, 0.2) is 6.20 Å². The van der Waals surface area contributed by atoms with Crippen molar-refractivity contribution in [1.82, 2.24) is 24.9 Å². The molecule has 2 fully saturated rings. The summed E-state index contributed by atoms with van der Waals surface area (Å²) in [6.45, 7) is 2.69. The van der Waals surface area contributed by atoms with Crippen LogP contribution in [0.25, 0.3) is 0 Å². The molecule has 1 saturated carbocycles. The van der Waals surface area contributed by atoms with Crippen LogP contribution in [0, 0.1) is 0 Å². The number of carbonyl (C=O) groups is 2. The standard InChI is InChI=1S/C18H29N5O2/c1-19-16(24)12-23-9-8-22(13-17(23)25)11-15-10-21(2)20-18(15)14-6-4-3-5-7-14/h10,14H,3-9,11-13H2,1-2H3,(H,19,24). The quantitative estimate of drug-likeness (QED) is 0.858. The van der Waals surface area contributed by atoms with Crippen LogP contribution < -0.4 is 5.32 Å². The predicted octanol–water partition coefficient (Wildman–Crippen LogP) is 0.858. The van der Waals surface area contributed by atoms with E-state index in [-0.39, 0.29) is 18.4 Å². The molecule has 1 aliphatic carbocycles. The lowest BCUT2D eigenvalue weighted by molar-refractivity contribution is -0.140. The minimum absolute atomic E-state index is 0.0259. The van der Waals surface area contributed by atoms with Crippen LogP contribution in [-0.4, -0.2) is 64.6 Å². The van der Waals surface area contributed by atoms with Gasteiger partial charge in [-0.3, -0.25) is 19.2 Å². The van der Waals surface area contributed by atoms with Gasteiger partial charge >= 0.3 is 0 Å². The first-order valence-electron chi connectivity index (χ1n) is 9.30. The number of hydrogen-bond acceptors (Lipinski definition) is 4. The predicted molar refractivity (Wildman–Crippen MR) is 95.0 cm³/mol. The summed E-state index contributed by atoms with van der Waals surface area (Å²) in [5.74, 6) is 0.474. The number of piperazine rings is 1. The summed E-state index contributed by atoms with van der Waals surface area (Å²) in [4.78, 5) is 27.6. The molecule has 0 radical (unpaired) electrons. The van der Waals surface area contributed by atoms with E-state index in [9.17, 15) is 9.59 Å². The lowest BCUT2D eigenvalue weighted by atomic mass is 9.85. The minimum Gasteiger partial charge on any atom is -0.358 e. The topological polar surface area (TPSA) is 70.5 Å². The summed E-state index contributed by atoms with van der Waals surface area (Å²) in [6, 6.07) is 0. The van der Waals surface area contributed by atoms with Gasteiger partial charge in [0, 0.05) is 51.4 Å². The Balaban J connectivity index is 1.62. The van der Waals surface area contributed by atoms with Crippen LogP contribution in [0.3, 0.4) is 0 Å². The fourth-order valence-electron chi connectivity index (χ4n) is 3.95. The third-order valence-electron chi connectivity index (χ3n) is 5.33. The van der Waals surface area contributed by atoms with Crippen LogP contribution in [0.2, 0.25) is 0 Å². The number of hydrogen-bond donors (Lipinski definition) is 1. The van der Waals surface area contributed by atoms with E-state index in [1.807, 2.05) is 11.7 Å². The van der Waals surface area contributed by atoms with E-state index in [1.165, 1.54) is 43.4 Å². The van der Waals surface area contributed by atoms with E-state index < -0.39 is 0 Å². The average Bonchev–Trinajstić information content (AvgIpc) is 2.98. The molecule has 0 unspecified atom stereocenters. The van der Waals surface area contributed by atoms with E-state index in [0.717, 1.165) is 13.1 Å². The monoisotopic (exact) mass is 347 g/mol. The Labute approximate surface area is 149 Å². The highest BCUT2D eigenvalue weighted by Gasteiger charge is 2.27. The third kappa shape index (κ3) is 4.39. The Bertz CT molecular complexity index is 621. The van der Waals surface area contributed by atoms with Gasteiger partial charge in [0.15, 0.2) is 0 Å². The normalized spacial score (nSPS) is 20.1. The fourth-order valence-corrected chi connectivity index (χ4v) is 3.95. The van der Waals surface area contributed by atoms with Crippen LogP contribution >= 0.6 is 0 Å². The fraction of sp³-hybridized carbons (Fsp3) is 0.722. The van der Waals surface area contributed by atoms with Gasteiger partial charge in [-0.2, -0.15) is 5.10 Å². The van der Waals surface area contributed by atoms with Gasteiger partial charge in [-0.25, -0.2) is 0 Å². The number of nitrogens with zero attached hydrogens (tertiary/aromatic N) is 4. The molecular weight excluding hydrogens is 318 g/mol. The number of rotatable bonds is 5. The maximum absolute atomic E-state index is 12.3. The van der Waals surface area contributed by atoms with E-state index >= 15 is 0 Å². The highest BCUT2D eigenvalue weighted by molar-refractivity contribution is 5.86. The van der Waals surface area contributed by atoms with Crippen molar-refractivity contribution in [3.63, 3.8) is 0 Å². The van der Waals surface area contributed by atoms with Crippen molar-refractivity contribution < 1.29 is 9.59 Å². The number of aryl methyl sites for hydroxylation is 1. The van der Waals surface area contributed by atoms with Gasteiger partial charge in [-0.05, 0) is 12.8 Å². The Morgan fingerprint density at radius 2 is 2.04 bits per heavy atom. The minimum atomic E-state index is -0.117. The molecule has 1 aliphatic heterocycles. The van der Waals surface area contributed by atoms with Gasteiger partial charge in [0.05, 0.1) is 18.8 Å². The van der Waals surface area contributed by atoms with E-state index in [4.69, 9.17) is 5.10 Å². The summed E-state index contributed by atoms with van der Waals surface area (Å²) in [6.07, 6.45) is 8.46. The average molecular weight is 347 g/mol. The zero-order chi connectivity index (χ0) is 17.8. The van der Waals surface area contributed by atoms with Gasteiger partial charge in [0.2, 0.25) is 11.8 Å². The van der Waals surface area contributed by atoms with E-state index in [2.05, 4.69) is 16.4 Å². The van der Waals surface area contributed by atoms with Gasteiger partial charge in [0.1, 0.15) is 0 Å². The first-order valence-corrected chi connectivity index (χ1v) is 9.30. The Morgan fingerprint density at radius 1 is 1.28 bits per heavy atom. The Morgan fingerprint density at radius 3 is 2.72 bits per heavy atom. The number of likely N-dealkylation sites (N-methyl/N-ethyl adjacent to an activating group) is 1. The molecule has 0 atom stereocenters. The molecule has 3 rings (SSSR count). The van der Waals surface area contributed by atoms with Crippen LogP contribution in [0.1, 0.15) is 49.3 Å². The van der Waals surface area contributed by atoms with Crippen molar-refractivity contribution >= 4 is 11.8 Å². The van der Waals surface area contributed by atoms with Gasteiger partial charge in [-0.1, -0.05) is 19.3 Å².